The third-order valence-corrected chi connectivity index (χ3v) is 2.81. The minimum Gasteiger partial charge on any atom is -0.489 e. The van der Waals surface area contributed by atoms with E-state index < -0.39 is 0 Å². The first-order valence-electron chi connectivity index (χ1n) is 4.72. The Morgan fingerprint density at radius 2 is 2.27 bits per heavy atom. The molecule has 4 heteroatoms. The lowest BCUT2D eigenvalue weighted by Crippen LogP contribution is -2.13. The van der Waals surface area contributed by atoms with Gasteiger partial charge in [0.1, 0.15) is 18.2 Å². The molecule has 1 aromatic rings. The van der Waals surface area contributed by atoms with E-state index in [2.05, 4.69) is 0 Å². The molecule has 0 spiro atoms. The Balaban J connectivity index is 2.45. The number of benzene rings is 1. The Bertz CT molecular complexity index is 417. The second-order valence-electron chi connectivity index (χ2n) is 3.39. The smallest absolute Gasteiger partial charge is 0.128 e. The number of hydrogen-bond acceptors (Lipinski definition) is 2. The van der Waals surface area contributed by atoms with Crippen molar-refractivity contribution in [2.75, 3.05) is 13.2 Å². The molecule has 0 bridgehead atoms. The molecule has 80 valence electrons. The molecule has 2 N–H and O–H groups in total. The zero-order chi connectivity index (χ0) is 10.8. The fourth-order valence-corrected chi connectivity index (χ4v) is 1.87. The summed E-state index contributed by atoms with van der Waals surface area (Å²) in [4.78, 5) is 0. The first-order chi connectivity index (χ1) is 7.22. The van der Waals surface area contributed by atoms with E-state index in [9.17, 15) is 4.39 Å². The number of ether oxygens (including phenoxy) is 1. The molecule has 1 heterocycles. The summed E-state index contributed by atoms with van der Waals surface area (Å²) in [5, 5.41) is 0.571. The average Bonchev–Trinajstić information content (AvgIpc) is 2.23. The van der Waals surface area contributed by atoms with E-state index in [0.717, 1.165) is 5.57 Å². The van der Waals surface area contributed by atoms with Crippen molar-refractivity contribution >= 4 is 16.6 Å². The van der Waals surface area contributed by atoms with Gasteiger partial charge in [-0.2, -0.15) is 0 Å². The third kappa shape index (κ3) is 1.98. The summed E-state index contributed by atoms with van der Waals surface area (Å²) in [6.45, 7) is 0.953. The van der Waals surface area contributed by atoms with Crippen molar-refractivity contribution in [2.24, 2.45) is 5.73 Å². The van der Waals surface area contributed by atoms with Crippen molar-refractivity contribution in [3.8, 4) is 5.75 Å². The first-order valence-corrected chi connectivity index (χ1v) is 5.10. The summed E-state index contributed by atoms with van der Waals surface area (Å²) < 4.78 is 18.5. The molecule has 0 radical (unpaired) electrons. The maximum absolute atomic E-state index is 13.0. The highest BCUT2D eigenvalue weighted by molar-refractivity contribution is 6.49. The van der Waals surface area contributed by atoms with E-state index in [-0.39, 0.29) is 5.82 Å². The van der Waals surface area contributed by atoms with Crippen LogP contribution in [0.25, 0.3) is 5.03 Å². The van der Waals surface area contributed by atoms with Crippen LogP contribution in [-0.2, 0) is 0 Å². The summed E-state index contributed by atoms with van der Waals surface area (Å²) in [5.41, 5.74) is 6.99. The Morgan fingerprint density at radius 3 is 3.00 bits per heavy atom. The Kier molecular flexibility index (Phi) is 2.93. The highest BCUT2D eigenvalue weighted by atomic mass is 35.5. The highest BCUT2D eigenvalue weighted by Crippen LogP contribution is 2.36. The molecular weight excluding hydrogens is 217 g/mol. The number of fused-ring (bicyclic) bond motifs is 1. The van der Waals surface area contributed by atoms with Crippen molar-refractivity contribution in [1.82, 2.24) is 0 Å². The summed E-state index contributed by atoms with van der Waals surface area (Å²) in [6, 6.07) is 4.33. The van der Waals surface area contributed by atoms with Gasteiger partial charge in [-0.15, -0.1) is 0 Å². The van der Waals surface area contributed by atoms with Crippen LogP contribution in [0.4, 0.5) is 4.39 Å². The molecule has 0 amide bonds. The van der Waals surface area contributed by atoms with Crippen molar-refractivity contribution in [1.29, 1.82) is 0 Å². The van der Waals surface area contributed by atoms with Crippen LogP contribution in [0.5, 0.6) is 5.75 Å². The number of hydrogen-bond donors (Lipinski definition) is 1. The minimum atomic E-state index is -0.315. The van der Waals surface area contributed by atoms with E-state index in [0.29, 0.717) is 35.9 Å². The van der Waals surface area contributed by atoms with Crippen LogP contribution >= 0.6 is 11.6 Å². The normalized spacial score (nSPS) is 14.9. The van der Waals surface area contributed by atoms with Crippen LogP contribution in [0.15, 0.2) is 23.8 Å². The van der Waals surface area contributed by atoms with E-state index in [1.807, 2.05) is 0 Å². The number of nitrogens with two attached hydrogens (primary N) is 1. The van der Waals surface area contributed by atoms with Gasteiger partial charge in [0, 0.05) is 5.56 Å². The molecule has 1 aromatic carbocycles. The highest BCUT2D eigenvalue weighted by Gasteiger charge is 2.18. The van der Waals surface area contributed by atoms with Gasteiger partial charge < -0.3 is 10.5 Å². The predicted octanol–water partition coefficient (Wildman–Crippen LogP) is 2.52. The molecular formula is C11H11ClFNO. The van der Waals surface area contributed by atoms with Gasteiger partial charge in [0.15, 0.2) is 0 Å². The maximum Gasteiger partial charge on any atom is 0.128 e. The van der Waals surface area contributed by atoms with E-state index in [4.69, 9.17) is 22.1 Å². The molecule has 0 fully saturated rings. The van der Waals surface area contributed by atoms with Crippen molar-refractivity contribution in [3.63, 3.8) is 0 Å². The Labute approximate surface area is 92.5 Å². The largest absolute Gasteiger partial charge is 0.489 e. The van der Waals surface area contributed by atoms with Crippen LogP contribution in [-0.4, -0.2) is 13.2 Å². The number of halogens is 2. The standard InChI is InChI=1S/C11H11ClFNO/c12-11-7(3-4-14)6-15-10-2-1-8(13)5-9(10)11/h1-2,5H,3-4,6,14H2. The molecule has 15 heavy (non-hydrogen) atoms. The second kappa shape index (κ2) is 4.21. The summed E-state index contributed by atoms with van der Waals surface area (Å²) in [5.74, 6) is 0.312. The van der Waals surface area contributed by atoms with Gasteiger partial charge in [-0.05, 0) is 36.7 Å². The van der Waals surface area contributed by atoms with Gasteiger partial charge >= 0.3 is 0 Å². The molecule has 0 saturated heterocycles. The van der Waals surface area contributed by atoms with Gasteiger partial charge in [-0.3, -0.25) is 0 Å². The molecule has 2 nitrogen and oxygen atoms in total. The third-order valence-electron chi connectivity index (χ3n) is 2.34. The van der Waals surface area contributed by atoms with Gasteiger partial charge in [0.2, 0.25) is 0 Å². The van der Waals surface area contributed by atoms with Crippen LogP contribution in [0.3, 0.4) is 0 Å². The molecule has 0 unspecified atom stereocenters. The zero-order valence-corrected chi connectivity index (χ0v) is 8.85. The first kappa shape index (κ1) is 10.5. The molecule has 1 aliphatic rings. The van der Waals surface area contributed by atoms with Crippen molar-refractivity contribution in [3.05, 3.63) is 35.2 Å². The maximum atomic E-state index is 13.0. The lowest BCUT2D eigenvalue weighted by molar-refractivity contribution is 0.341. The van der Waals surface area contributed by atoms with Crippen LogP contribution in [0, 0.1) is 5.82 Å². The molecule has 0 aliphatic carbocycles. The Hall–Kier alpha value is -1.06. The summed E-state index contributed by atoms with van der Waals surface area (Å²) in [6.07, 6.45) is 0.675. The van der Waals surface area contributed by atoms with Gasteiger partial charge in [0.25, 0.3) is 0 Å². The lowest BCUT2D eigenvalue weighted by Gasteiger charge is -2.20. The molecule has 0 atom stereocenters. The van der Waals surface area contributed by atoms with Crippen LogP contribution in [0.1, 0.15) is 12.0 Å². The zero-order valence-electron chi connectivity index (χ0n) is 8.09. The van der Waals surface area contributed by atoms with Gasteiger partial charge in [-0.1, -0.05) is 11.6 Å². The number of rotatable bonds is 2. The van der Waals surface area contributed by atoms with E-state index in [1.165, 1.54) is 12.1 Å². The molecule has 0 aromatic heterocycles. The van der Waals surface area contributed by atoms with Gasteiger partial charge in [-0.25, -0.2) is 4.39 Å². The minimum absolute atomic E-state index is 0.315. The SMILES string of the molecule is NCCC1=C(Cl)c2cc(F)ccc2OC1. The molecule has 2 rings (SSSR count). The summed E-state index contributed by atoms with van der Waals surface area (Å²) in [7, 11) is 0. The quantitative estimate of drug-likeness (QED) is 0.843. The van der Waals surface area contributed by atoms with Crippen LogP contribution in [0.2, 0.25) is 0 Å². The van der Waals surface area contributed by atoms with Crippen molar-refractivity contribution < 1.29 is 9.13 Å². The monoisotopic (exact) mass is 227 g/mol. The topological polar surface area (TPSA) is 35.2 Å². The van der Waals surface area contributed by atoms with Crippen molar-refractivity contribution in [2.45, 2.75) is 6.42 Å². The fraction of sp³-hybridized carbons (Fsp3) is 0.273. The summed E-state index contributed by atoms with van der Waals surface area (Å²) >= 11 is 6.14. The average molecular weight is 228 g/mol. The molecule has 0 saturated carbocycles. The van der Waals surface area contributed by atoms with Crippen LogP contribution < -0.4 is 10.5 Å². The van der Waals surface area contributed by atoms with E-state index in [1.54, 1.807) is 6.07 Å². The lowest BCUT2D eigenvalue weighted by atomic mass is 10.0. The second-order valence-corrected chi connectivity index (χ2v) is 3.76. The van der Waals surface area contributed by atoms with Gasteiger partial charge in [0.05, 0.1) is 5.03 Å². The Morgan fingerprint density at radius 1 is 1.47 bits per heavy atom. The van der Waals surface area contributed by atoms with E-state index >= 15 is 0 Å². The molecule has 1 aliphatic heterocycles. The predicted molar refractivity (Wildman–Crippen MR) is 58.3 cm³/mol. The fourth-order valence-electron chi connectivity index (χ4n) is 1.57.